The molecule has 0 bridgehead atoms. The number of methoxy groups -OCH3 is 1. The van der Waals surface area contributed by atoms with Crippen LogP contribution in [-0.2, 0) is 18.0 Å². The summed E-state index contributed by atoms with van der Waals surface area (Å²) in [5, 5.41) is 11.0. The van der Waals surface area contributed by atoms with E-state index in [0.29, 0.717) is 17.1 Å². The molecule has 3 aromatic rings. The Bertz CT molecular complexity index is 894. The fourth-order valence-corrected chi connectivity index (χ4v) is 2.33. The lowest BCUT2D eigenvalue weighted by molar-refractivity contribution is 0.101. The van der Waals surface area contributed by atoms with Crippen LogP contribution in [0.15, 0.2) is 36.8 Å². The van der Waals surface area contributed by atoms with Gasteiger partial charge in [-0.15, -0.1) is 5.10 Å². The van der Waals surface area contributed by atoms with Crippen molar-refractivity contribution in [1.82, 2.24) is 24.5 Å². The lowest BCUT2D eigenvalue weighted by atomic mass is 10.2. The van der Waals surface area contributed by atoms with Gasteiger partial charge in [0.25, 0.3) is 5.91 Å². The molecule has 0 saturated carbocycles. The van der Waals surface area contributed by atoms with Crippen LogP contribution >= 0.6 is 11.6 Å². The molecule has 2 aromatic heterocycles. The molecule has 10 heteroatoms. The summed E-state index contributed by atoms with van der Waals surface area (Å²) in [5.41, 5.74) is 0.902. The first-order valence-corrected chi connectivity index (χ1v) is 7.60. The average molecular weight is 365 g/mol. The minimum Gasteiger partial charge on any atom is -0.362 e. The quantitative estimate of drug-likeness (QED) is 0.724. The molecule has 0 atom stereocenters. The third-order valence-corrected chi connectivity index (χ3v) is 3.60. The van der Waals surface area contributed by atoms with Crippen molar-refractivity contribution in [3.05, 3.63) is 58.9 Å². The minimum atomic E-state index is -0.438. The average Bonchev–Trinajstić information content (AvgIpc) is 3.20. The highest BCUT2D eigenvalue weighted by atomic mass is 35.5. The summed E-state index contributed by atoms with van der Waals surface area (Å²) in [4.78, 5) is 16.1. The monoisotopic (exact) mass is 364 g/mol. The molecule has 0 aliphatic carbocycles. The van der Waals surface area contributed by atoms with E-state index in [1.54, 1.807) is 18.3 Å². The molecule has 130 valence electrons. The van der Waals surface area contributed by atoms with Gasteiger partial charge < -0.3 is 4.74 Å². The summed E-state index contributed by atoms with van der Waals surface area (Å²) in [6.07, 6.45) is 3.07. The van der Waals surface area contributed by atoms with Crippen LogP contribution in [0, 0.1) is 5.82 Å². The van der Waals surface area contributed by atoms with Crippen LogP contribution in [-0.4, -0.2) is 37.6 Å². The summed E-state index contributed by atoms with van der Waals surface area (Å²) in [6.45, 7) is 0.545. The van der Waals surface area contributed by atoms with E-state index < -0.39 is 11.7 Å². The minimum absolute atomic E-state index is 0.129. The summed E-state index contributed by atoms with van der Waals surface area (Å²) in [7, 11) is 1.53. The largest absolute Gasteiger partial charge is 0.362 e. The molecule has 0 radical (unpaired) electrons. The fourth-order valence-electron chi connectivity index (χ4n) is 2.11. The number of carbonyl (C=O) groups is 1. The zero-order chi connectivity index (χ0) is 17.8. The smallest absolute Gasteiger partial charge is 0.278 e. The molecule has 2 heterocycles. The number of nitrogens with zero attached hydrogens (tertiary/aromatic N) is 5. The third kappa shape index (κ3) is 4.20. The van der Waals surface area contributed by atoms with Gasteiger partial charge >= 0.3 is 0 Å². The Morgan fingerprint density at radius 2 is 2.16 bits per heavy atom. The topological polar surface area (TPSA) is 86.9 Å². The number of anilines is 1. The van der Waals surface area contributed by atoms with Crippen LogP contribution in [0.25, 0.3) is 0 Å². The number of hydrogen-bond donors (Lipinski definition) is 1. The Morgan fingerprint density at radius 1 is 1.32 bits per heavy atom. The second kappa shape index (κ2) is 7.41. The number of rotatable bonds is 6. The highest BCUT2D eigenvalue weighted by molar-refractivity contribution is 6.31. The van der Waals surface area contributed by atoms with Crippen molar-refractivity contribution in [2.45, 2.75) is 13.3 Å². The Hall–Kier alpha value is -2.78. The molecule has 1 amide bonds. The van der Waals surface area contributed by atoms with Crippen LogP contribution in [0.2, 0.25) is 5.02 Å². The number of ether oxygens (including phenoxy) is 1. The van der Waals surface area contributed by atoms with Gasteiger partial charge in [0.05, 0.1) is 6.54 Å². The van der Waals surface area contributed by atoms with Crippen LogP contribution in [0.5, 0.6) is 0 Å². The zero-order valence-electron chi connectivity index (χ0n) is 13.2. The van der Waals surface area contributed by atoms with Gasteiger partial charge in [-0.2, -0.15) is 5.10 Å². The first-order chi connectivity index (χ1) is 12.0. The Morgan fingerprint density at radius 3 is 2.92 bits per heavy atom. The predicted molar refractivity (Wildman–Crippen MR) is 87.7 cm³/mol. The maximum Gasteiger partial charge on any atom is 0.278 e. The number of halogens is 2. The number of hydrogen-bond acceptors (Lipinski definition) is 5. The lowest BCUT2D eigenvalue weighted by Crippen LogP contribution is -2.15. The van der Waals surface area contributed by atoms with E-state index in [1.807, 2.05) is 0 Å². The molecule has 3 rings (SSSR count). The number of benzene rings is 1. The van der Waals surface area contributed by atoms with Gasteiger partial charge in [-0.05, 0) is 23.8 Å². The van der Waals surface area contributed by atoms with Gasteiger partial charge in [0, 0.05) is 18.3 Å². The molecule has 8 nitrogen and oxygen atoms in total. The normalized spacial score (nSPS) is 10.8. The standard InChI is InChI=1S/C15H14ClFN6O2/c1-25-9-22-5-4-13(20-22)14(24)19-15-18-8-23(21-15)7-10-2-3-11(17)6-12(10)16/h2-6,8H,7,9H2,1H3,(H,19,21,24). The molecule has 0 aliphatic rings. The lowest BCUT2D eigenvalue weighted by Gasteiger charge is -2.04. The summed E-state index contributed by atoms with van der Waals surface area (Å²) in [5.74, 6) is -0.717. The van der Waals surface area contributed by atoms with E-state index in [2.05, 4.69) is 20.5 Å². The van der Waals surface area contributed by atoms with E-state index >= 15 is 0 Å². The molecule has 0 unspecified atom stereocenters. The van der Waals surface area contributed by atoms with Gasteiger partial charge in [-0.3, -0.25) is 10.1 Å². The van der Waals surface area contributed by atoms with Gasteiger partial charge in [0.15, 0.2) is 5.69 Å². The van der Waals surface area contributed by atoms with Crippen LogP contribution in [0.1, 0.15) is 16.1 Å². The summed E-state index contributed by atoms with van der Waals surface area (Å²) in [6, 6.07) is 5.67. The molecule has 0 aliphatic heterocycles. The molecule has 0 saturated heterocycles. The van der Waals surface area contributed by atoms with Crippen molar-refractivity contribution in [2.75, 3.05) is 12.4 Å². The third-order valence-electron chi connectivity index (χ3n) is 3.24. The van der Waals surface area contributed by atoms with Gasteiger partial charge in [0.1, 0.15) is 18.9 Å². The van der Waals surface area contributed by atoms with E-state index in [-0.39, 0.29) is 18.4 Å². The van der Waals surface area contributed by atoms with Crippen molar-refractivity contribution < 1.29 is 13.9 Å². The molecule has 1 aromatic carbocycles. The van der Waals surface area contributed by atoms with Crippen molar-refractivity contribution in [3.63, 3.8) is 0 Å². The number of amides is 1. The summed E-state index contributed by atoms with van der Waals surface area (Å²) >= 11 is 5.99. The first kappa shape index (κ1) is 17.1. The van der Waals surface area contributed by atoms with E-state index in [4.69, 9.17) is 16.3 Å². The Kier molecular flexibility index (Phi) is 5.05. The summed E-state index contributed by atoms with van der Waals surface area (Å²) < 4.78 is 21.0. The molecule has 1 N–H and O–H groups in total. The van der Waals surface area contributed by atoms with Crippen LogP contribution in [0.4, 0.5) is 10.3 Å². The van der Waals surface area contributed by atoms with Crippen LogP contribution < -0.4 is 5.32 Å². The fraction of sp³-hybridized carbons (Fsp3) is 0.200. The highest BCUT2D eigenvalue weighted by Crippen LogP contribution is 2.18. The number of carbonyl (C=O) groups excluding carboxylic acids is 1. The van der Waals surface area contributed by atoms with Crippen molar-refractivity contribution in [2.24, 2.45) is 0 Å². The van der Waals surface area contributed by atoms with Crippen LogP contribution in [0.3, 0.4) is 0 Å². The number of aromatic nitrogens is 5. The molecule has 0 fully saturated rings. The molecular formula is C15H14ClFN6O2. The molecule has 25 heavy (non-hydrogen) atoms. The second-order valence-corrected chi connectivity index (χ2v) is 5.52. The first-order valence-electron chi connectivity index (χ1n) is 7.22. The van der Waals surface area contributed by atoms with E-state index in [9.17, 15) is 9.18 Å². The second-order valence-electron chi connectivity index (χ2n) is 5.11. The maximum absolute atomic E-state index is 13.1. The van der Waals surface area contributed by atoms with Gasteiger partial charge in [0.2, 0.25) is 5.95 Å². The van der Waals surface area contributed by atoms with E-state index in [1.165, 1.54) is 34.9 Å². The maximum atomic E-state index is 13.1. The predicted octanol–water partition coefficient (Wildman–Crippen LogP) is 2.17. The van der Waals surface area contributed by atoms with Gasteiger partial charge in [-0.25, -0.2) is 18.7 Å². The van der Waals surface area contributed by atoms with E-state index in [0.717, 1.165) is 0 Å². The molecule has 0 spiro atoms. The van der Waals surface area contributed by atoms with Crippen molar-refractivity contribution >= 4 is 23.5 Å². The number of nitrogens with one attached hydrogen (secondary N) is 1. The Labute approximate surface area is 147 Å². The molecular weight excluding hydrogens is 351 g/mol. The van der Waals surface area contributed by atoms with Crippen molar-refractivity contribution in [3.8, 4) is 0 Å². The SMILES string of the molecule is COCn1ccc(C(=O)Nc2ncn(Cc3ccc(F)cc3Cl)n2)n1. The zero-order valence-corrected chi connectivity index (χ0v) is 13.9. The Balaban J connectivity index is 1.65. The van der Waals surface area contributed by atoms with Crippen molar-refractivity contribution in [1.29, 1.82) is 0 Å². The van der Waals surface area contributed by atoms with Gasteiger partial charge in [-0.1, -0.05) is 17.7 Å². The highest BCUT2D eigenvalue weighted by Gasteiger charge is 2.13.